The summed E-state index contributed by atoms with van der Waals surface area (Å²) in [4.78, 5) is 19.3. The van der Waals surface area contributed by atoms with Crippen LogP contribution in [-0.4, -0.2) is 45.6 Å². The van der Waals surface area contributed by atoms with Crippen molar-refractivity contribution in [2.24, 2.45) is 0 Å². The van der Waals surface area contributed by atoms with Crippen molar-refractivity contribution in [1.82, 2.24) is 0 Å². The summed E-state index contributed by atoms with van der Waals surface area (Å²) in [6, 6.07) is 0. The number of aliphatic hydroxyl groups excluding tert-OH is 2. The number of rotatable bonds is 4. The molecular formula is C10H28O6. The molecule has 6 nitrogen and oxygen atoms in total. The monoisotopic (exact) mass is 244 g/mol. The molecule has 0 fully saturated rings. The Labute approximate surface area is 98.6 Å². The van der Waals surface area contributed by atoms with Crippen LogP contribution in [0.15, 0.2) is 0 Å². The first kappa shape index (κ1) is 36.4. The van der Waals surface area contributed by atoms with Gasteiger partial charge in [-0.1, -0.05) is 29.7 Å². The molecule has 0 unspecified atom stereocenters. The minimum atomic E-state index is -1.08. The number of aliphatic carboxylic acids is 2. The van der Waals surface area contributed by atoms with Gasteiger partial charge in [0.05, 0.1) is 26.1 Å². The Kier molecular flexibility index (Phi) is 66.4. The van der Waals surface area contributed by atoms with E-state index in [1.54, 1.807) is 0 Å². The lowest BCUT2D eigenvalue weighted by Gasteiger charge is -1.85. The lowest BCUT2D eigenvalue weighted by atomic mass is 10.3. The van der Waals surface area contributed by atoms with Gasteiger partial charge in [-0.25, -0.2) is 0 Å². The van der Waals surface area contributed by atoms with Crippen molar-refractivity contribution >= 4 is 11.9 Å². The lowest BCUT2D eigenvalue weighted by Crippen LogP contribution is -2.00. The molecule has 0 aliphatic carbocycles. The average molecular weight is 244 g/mol. The van der Waals surface area contributed by atoms with Gasteiger partial charge in [0.15, 0.2) is 0 Å². The molecule has 4 N–H and O–H groups in total. The van der Waals surface area contributed by atoms with Crippen molar-refractivity contribution in [3.63, 3.8) is 0 Å². The Hall–Kier alpha value is -1.14. The summed E-state index contributed by atoms with van der Waals surface area (Å²) in [6.07, 6.45) is -0.593. The maximum absolute atomic E-state index is 9.64. The normalized spacial score (nSPS) is 6.12. The molecule has 6 heteroatoms. The van der Waals surface area contributed by atoms with Crippen LogP contribution in [-0.2, 0) is 9.59 Å². The highest BCUT2D eigenvalue weighted by Crippen LogP contribution is 1.86. The fourth-order valence-corrected chi connectivity index (χ4v) is 0.214. The van der Waals surface area contributed by atoms with Crippen molar-refractivity contribution in [3.8, 4) is 0 Å². The Morgan fingerprint density at radius 3 is 0.938 bits per heavy atom. The van der Waals surface area contributed by atoms with Gasteiger partial charge in [0.1, 0.15) is 0 Å². The molecule has 0 aromatic rings. The second-order valence-electron chi connectivity index (χ2n) is 1.73. The lowest BCUT2D eigenvalue weighted by molar-refractivity contribution is -0.143. The first-order valence-electron chi connectivity index (χ1n) is 3.20. The molecule has 0 aliphatic heterocycles. The average Bonchev–Trinajstić information content (AvgIpc) is 2.01. The smallest absolute Gasteiger partial charge is 0.303 e. The minimum absolute atomic E-state index is 0. The molecule has 0 atom stereocenters. The highest BCUT2D eigenvalue weighted by atomic mass is 16.4. The zero-order valence-corrected chi connectivity index (χ0v) is 6.43. The molecule has 0 heterocycles. The van der Waals surface area contributed by atoms with E-state index in [2.05, 4.69) is 0 Å². The van der Waals surface area contributed by atoms with Crippen molar-refractivity contribution < 1.29 is 30.0 Å². The van der Waals surface area contributed by atoms with Crippen molar-refractivity contribution in [1.29, 1.82) is 0 Å². The number of carbonyl (C=O) groups is 2. The van der Waals surface area contributed by atoms with Gasteiger partial charge in [0, 0.05) is 0 Å². The first-order valence-corrected chi connectivity index (χ1v) is 3.20. The molecule has 0 aliphatic rings. The standard InChI is InChI=1S/C4H6O4.C2H6O2.4CH4/c5-3(6)1-2-4(7)8;3-1-2-4;;;;/h1-2H2,(H,5,6)(H,7,8);3-4H,1-2H2;4*1H4. The van der Waals surface area contributed by atoms with Crippen LogP contribution in [0.5, 0.6) is 0 Å². The van der Waals surface area contributed by atoms with Crippen LogP contribution >= 0.6 is 0 Å². The maximum atomic E-state index is 9.64. The number of carboxylic acid groups (broad SMARTS) is 2. The molecule has 0 rings (SSSR count). The molecule has 104 valence electrons. The van der Waals surface area contributed by atoms with E-state index in [1.165, 1.54) is 0 Å². The molecule has 0 aromatic heterocycles. The Morgan fingerprint density at radius 2 is 0.875 bits per heavy atom. The predicted molar refractivity (Wildman–Crippen MR) is 65.6 cm³/mol. The van der Waals surface area contributed by atoms with E-state index >= 15 is 0 Å². The molecule has 0 amide bonds. The fraction of sp³-hybridized carbons (Fsp3) is 0.800. The van der Waals surface area contributed by atoms with E-state index in [4.69, 9.17) is 20.4 Å². The second-order valence-corrected chi connectivity index (χ2v) is 1.73. The van der Waals surface area contributed by atoms with Gasteiger partial charge in [-0.2, -0.15) is 0 Å². The quantitative estimate of drug-likeness (QED) is 0.595. The van der Waals surface area contributed by atoms with E-state index in [-0.39, 0.29) is 55.8 Å². The third-order valence-corrected chi connectivity index (χ3v) is 0.653. The number of aliphatic hydroxyl groups is 2. The third-order valence-electron chi connectivity index (χ3n) is 0.653. The highest BCUT2D eigenvalue weighted by Gasteiger charge is 2.00. The second kappa shape index (κ2) is 29.2. The van der Waals surface area contributed by atoms with Crippen LogP contribution in [0.4, 0.5) is 0 Å². The molecule has 0 saturated heterocycles. The van der Waals surface area contributed by atoms with Gasteiger partial charge in [-0.05, 0) is 0 Å². The molecule has 0 radical (unpaired) electrons. The van der Waals surface area contributed by atoms with Gasteiger partial charge in [0.25, 0.3) is 0 Å². The van der Waals surface area contributed by atoms with Gasteiger partial charge >= 0.3 is 11.9 Å². The largest absolute Gasteiger partial charge is 0.481 e. The summed E-state index contributed by atoms with van der Waals surface area (Å²) >= 11 is 0. The summed E-state index contributed by atoms with van der Waals surface area (Å²) in [7, 11) is 0. The molecule has 0 aromatic carbocycles. The van der Waals surface area contributed by atoms with Crippen molar-refractivity contribution in [3.05, 3.63) is 0 Å². The first-order chi connectivity index (χ1) is 5.54. The van der Waals surface area contributed by atoms with Gasteiger partial charge in [-0.3, -0.25) is 9.59 Å². The molecule has 0 saturated carbocycles. The van der Waals surface area contributed by atoms with Crippen LogP contribution < -0.4 is 0 Å². The molecular weight excluding hydrogens is 216 g/mol. The van der Waals surface area contributed by atoms with E-state index in [9.17, 15) is 9.59 Å². The van der Waals surface area contributed by atoms with Gasteiger partial charge in [-0.15, -0.1) is 0 Å². The van der Waals surface area contributed by atoms with Crippen LogP contribution in [0, 0.1) is 0 Å². The van der Waals surface area contributed by atoms with E-state index < -0.39 is 11.9 Å². The predicted octanol–water partition coefficient (Wildman–Crippen LogP) is 1.45. The van der Waals surface area contributed by atoms with Crippen LogP contribution in [0.25, 0.3) is 0 Å². The van der Waals surface area contributed by atoms with Crippen LogP contribution in [0.2, 0.25) is 0 Å². The third kappa shape index (κ3) is 76.6. The van der Waals surface area contributed by atoms with Gasteiger partial charge < -0.3 is 20.4 Å². The van der Waals surface area contributed by atoms with Crippen molar-refractivity contribution in [2.45, 2.75) is 42.5 Å². The van der Waals surface area contributed by atoms with E-state index in [1.807, 2.05) is 0 Å². The number of hydrogen-bond acceptors (Lipinski definition) is 4. The van der Waals surface area contributed by atoms with Crippen LogP contribution in [0.3, 0.4) is 0 Å². The Balaban J connectivity index is -0.0000000281. The topological polar surface area (TPSA) is 115 Å². The van der Waals surface area contributed by atoms with E-state index in [0.29, 0.717) is 0 Å². The zero-order valence-electron chi connectivity index (χ0n) is 6.43. The maximum Gasteiger partial charge on any atom is 0.303 e. The van der Waals surface area contributed by atoms with Crippen molar-refractivity contribution in [2.75, 3.05) is 13.2 Å². The number of carboxylic acids is 2. The number of hydrogen-bond donors (Lipinski definition) is 4. The van der Waals surface area contributed by atoms with E-state index in [0.717, 1.165) is 0 Å². The Morgan fingerprint density at radius 1 is 0.688 bits per heavy atom. The summed E-state index contributed by atoms with van der Waals surface area (Å²) in [5, 5.41) is 31.0. The summed E-state index contributed by atoms with van der Waals surface area (Å²) < 4.78 is 0. The SMILES string of the molecule is C.C.C.C.O=C(O)CCC(=O)O.OCCO. The highest BCUT2D eigenvalue weighted by molar-refractivity contribution is 5.75. The summed E-state index contributed by atoms with van der Waals surface area (Å²) in [5.74, 6) is -2.15. The Bertz CT molecular complexity index is 119. The minimum Gasteiger partial charge on any atom is -0.481 e. The fourth-order valence-electron chi connectivity index (χ4n) is 0.214. The molecule has 0 bridgehead atoms. The summed E-state index contributed by atoms with van der Waals surface area (Å²) in [6.45, 7) is -0.250. The zero-order chi connectivity index (χ0) is 9.98. The molecule has 16 heavy (non-hydrogen) atoms. The van der Waals surface area contributed by atoms with Gasteiger partial charge in [0.2, 0.25) is 0 Å². The van der Waals surface area contributed by atoms with Crippen LogP contribution in [0.1, 0.15) is 42.5 Å². The molecule has 0 spiro atoms. The summed E-state index contributed by atoms with van der Waals surface area (Å²) in [5.41, 5.74) is 0.